The average Bonchev–Trinajstić information content (AvgIpc) is 3.30. The van der Waals surface area contributed by atoms with Gasteiger partial charge in [0.2, 0.25) is 0 Å². The molecule has 2 fully saturated rings. The summed E-state index contributed by atoms with van der Waals surface area (Å²) in [6, 6.07) is 24.7. The molecule has 7 rings (SSSR count). The molecule has 1 amide bonds. The van der Waals surface area contributed by atoms with Crippen molar-refractivity contribution in [3.8, 4) is 17.6 Å². The highest BCUT2D eigenvalue weighted by atomic mass is 16.5. The van der Waals surface area contributed by atoms with E-state index in [9.17, 15) is 9.90 Å². The second kappa shape index (κ2) is 9.51. The third-order valence-corrected chi connectivity index (χ3v) is 10.1. The molecule has 3 aromatic carbocycles. The van der Waals surface area contributed by atoms with Crippen LogP contribution >= 0.6 is 0 Å². The van der Waals surface area contributed by atoms with Gasteiger partial charge in [-0.1, -0.05) is 60.5 Å². The van der Waals surface area contributed by atoms with Gasteiger partial charge in [-0.05, 0) is 80.5 Å². The molecular weight excluding hydrogens is 496 g/mol. The molecule has 2 aliphatic heterocycles. The van der Waals surface area contributed by atoms with Gasteiger partial charge in [0.15, 0.2) is 0 Å². The number of aryl methyl sites for hydroxylation is 1. The van der Waals surface area contributed by atoms with Crippen LogP contribution in [0.1, 0.15) is 47.1 Å². The van der Waals surface area contributed by atoms with Gasteiger partial charge < -0.3 is 14.7 Å². The Labute approximate surface area is 236 Å². The third-order valence-electron chi connectivity index (χ3n) is 10.1. The Balaban J connectivity index is 1.20. The van der Waals surface area contributed by atoms with Gasteiger partial charge in [-0.2, -0.15) is 0 Å². The zero-order chi connectivity index (χ0) is 27.5. The number of hydrogen-bond acceptors (Lipinski definition) is 4. The first-order chi connectivity index (χ1) is 19.4. The number of piperidine rings is 1. The normalized spacial score (nSPS) is 29.5. The van der Waals surface area contributed by atoms with Crippen LogP contribution in [0.4, 0.5) is 0 Å². The Kier molecular flexibility index (Phi) is 6.03. The molecule has 2 heterocycles. The van der Waals surface area contributed by atoms with Crippen molar-refractivity contribution in [2.75, 3.05) is 20.1 Å². The van der Waals surface area contributed by atoms with Gasteiger partial charge >= 0.3 is 0 Å². The summed E-state index contributed by atoms with van der Waals surface area (Å²) >= 11 is 0. The number of nitrogens with zero attached hydrogens (tertiary/aromatic N) is 2. The molecule has 0 radical (unpaired) electrons. The minimum Gasteiger partial charge on any atom is -0.487 e. The number of likely N-dealkylation sites (tertiary alicyclic amines) is 1. The van der Waals surface area contributed by atoms with Crippen LogP contribution in [0.25, 0.3) is 0 Å². The summed E-state index contributed by atoms with van der Waals surface area (Å²) < 4.78 is 6.75. The third kappa shape index (κ3) is 3.73. The molecule has 5 nitrogen and oxygen atoms in total. The van der Waals surface area contributed by atoms with Gasteiger partial charge in [0.1, 0.15) is 11.9 Å². The highest BCUT2D eigenvalue weighted by molar-refractivity contribution is 5.94. The van der Waals surface area contributed by atoms with Crippen molar-refractivity contribution in [1.29, 1.82) is 0 Å². The number of carbonyl (C=O) groups is 1. The summed E-state index contributed by atoms with van der Waals surface area (Å²) in [5.41, 5.74) is 4.34. The van der Waals surface area contributed by atoms with Crippen LogP contribution in [-0.4, -0.2) is 64.7 Å². The molecule has 1 saturated heterocycles. The SMILES string of the molecule is Cc1cccc(C#CC(=O)N(C)[C@H]2CC[C@@]3(O)[C@H]4Cc5cccc6c5[C@@]3(CCN4CCc3ccccc3)[C@H]2O6)c1. The highest BCUT2D eigenvalue weighted by Crippen LogP contribution is 2.64. The monoisotopic (exact) mass is 532 g/mol. The van der Waals surface area contributed by atoms with E-state index in [1.54, 1.807) is 4.90 Å². The Hall–Kier alpha value is -3.59. The van der Waals surface area contributed by atoms with Gasteiger partial charge in [-0.25, -0.2) is 0 Å². The number of likely N-dealkylation sites (N-methyl/N-ethyl adjacent to an activating group) is 1. The zero-order valence-electron chi connectivity index (χ0n) is 23.3. The minimum absolute atomic E-state index is 0.0278. The van der Waals surface area contributed by atoms with Crippen molar-refractivity contribution >= 4 is 5.91 Å². The summed E-state index contributed by atoms with van der Waals surface area (Å²) in [5.74, 6) is 6.61. The van der Waals surface area contributed by atoms with Crippen molar-refractivity contribution in [3.05, 3.63) is 101 Å². The lowest BCUT2D eigenvalue weighted by molar-refractivity contribution is -0.199. The first-order valence-electron chi connectivity index (χ1n) is 14.6. The van der Waals surface area contributed by atoms with Crippen LogP contribution in [-0.2, 0) is 23.1 Å². The van der Waals surface area contributed by atoms with E-state index in [-0.39, 0.29) is 24.1 Å². The predicted molar refractivity (Wildman–Crippen MR) is 155 cm³/mol. The fraction of sp³-hybridized carbons (Fsp3) is 0.400. The molecule has 1 spiro atoms. The zero-order valence-corrected chi connectivity index (χ0v) is 23.3. The lowest BCUT2D eigenvalue weighted by Crippen LogP contribution is -2.78. The second-order valence-electron chi connectivity index (χ2n) is 12.1. The van der Waals surface area contributed by atoms with E-state index in [0.29, 0.717) is 12.8 Å². The number of ether oxygens (including phenoxy) is 1. The first-order valence-corrected chi connectivity index (χ1v) is 14.6. The van der Waals surface area contributed by atoms with E-state index in [4.69, 9.17) is 4.74 Å². The maximum atomic E-state index is 13.4. The molecule has 0 aromatic heterocycles. The summed E-state index contributed by atoms with van der Waals surface area (Å²) in [7, 11) is 1.85. The topological polar surface area (TPSA) is 53.0 Å². The highest BCUT2D eigenvalue weighted by Gasteiger charge is 2.73. The van der Waals surface area contributed by atoms with Gasteiger partial charge in [-0.15, -0.1) is 0 Å². The maximum absolute atomic E-state index is 13.4. The van der Waals surface area contributed by atoms with E-state index in [2.05, 4.69) is 59.2 Å². The van der Waals surface area contributed by atoms with Crippen molar-refractivity contribution in [2.45, 2.75) is 68.2 Å². The van der Waals surface area contributed by atoms with Crippen molar-refractivity contribution < 1.29 is 14.6 Å². The molecule has 4 aliphatic rings. The Morgan fingerprint density at radius 3 is 2.75 bits per heavy atom. The Morgan fingerprint density at radius 2 is 1.93 bits per heavy atom. The van der Waals surface area contributed by atoms with E-state index < -0.39 is 11.0 Å². The van der Waals surface area contributed by atoms with Crippen LogP contribution in [0.5, 0.6) is 5.75 Å². The number of carbonyl (C=O) groups excluding carboxylic acids is 1. The molecule has 1 saturated carbocycles. The van der Waals surface area contributed by atoms with Crippen molar-refractivity contribution in [3.63, 3.8) is 0 Å². The molecule has 2 bridgehead atoms. The molecular formula is C35H36N2O3. The van der Waals surface area contributed by atoms with Crippen LogP contribution in [0.3, 0.4) is 0 Å². The lowest BCUT2D eigenvalue weighted by Gasteiger charge is -2.64. The molecule has 3 aromatic rings. The predicted octanol–water partition coefficient (Wildman–Crippen LogP) is 4.27. The van der Waals surface area contributed by atoms with Crippen LogP contribution in [0, 0.1) is 18.8 Å². The molecule has 204 valence electrons. The van der Waals surface area contributed by atoms with Crippen molar-refractivity contribution in [1.82, 2.24) is 9.80 Å². The number of aliphatic hydroxyl groups is 1. The standard InChI is InChI=1S/C35H36N2O3/c1-24-8-6-11-26(22-24)14-15-31(38)36(2)28-16-18-35(39)30-23-27-12-7-13-29-32(27)34(35,33(28)40-29)19-21-37(30)20-17-25-9-4-3-5-10-25/h3-13,22,28,30,33,39H,16-21,23H2,1-2H3/t28-,30+,33-,34-,35+/m0/s1. The summed E-state index contributed by atoms with van der Waals surface area (Å²) in [6.07, 6.45) is 3.64. The fourth-order valence-electron chi connectivity index (χ4n) is 8.24. The molecule has 1 N–H and O–H groups in total. The summed E-state index contributed by atoms with van der Waals surface area (Å²) in [6.45, 7) is 3.85. The number of benzene rings is 3. The smallest absolute Gasteiger partial charge is 0.298 e. The molecule has 2 aliphatic carbocycles. The van der Waals surface area contributed by atoms with E-state index in [1.165, 1.54) is 16.7 Å². The Morgan fingerprint density at radius 1 is 1.10 bits per heavy atom. The molecule has 5 atom stereocenters. The van der Waals surface area contributed by atoms with Crippen molar-refractivity contribution in [2.24, 2.45) is 0 Å². The molecule has 0 unspecified atom stereocenters. The first kappa shape index (κ1) is 25.4. The van der Waals surface area contributed by atoms with Gasteiger partial charge in [0.05, 0.1) is 17.1 Å². The number of amides is 1. The maximum Gasteiger partial charge on any atom is 0.298 e. The lowest BCUT2D eigenvalue weighted by atomic mass is 9.48. The summed E-state index contributed by atoms with van der Waals surface area (Å²) in [4.78, 5) is 17.7. The van der Waals surface area contributed by atoms with E-state index >= 15 is 0 Å². The molecule has 5 heteroatoms. The van der Waals surface area contributed by atoms with Gasteiger partial charge in [0, 0.05) is 36.7 Å². The average molecular weight is 533 g/mol. The summed E-state index contributed by atoms with van der Waals surface area (Å²) in [5, 5.41) is 12.7. The van der Waals surface area contributed by atoms with E-state index in [0.717, 1.165) is 49.2 Å². The van der Waals surface area contributed by atoms with Gasteiger partial charge in [-0.3, -0.25) is 9.69 Å². The second-order valence-corrected chi connectivity index (χ2v) is 12.1. The van der Waals surface area contributed by atoms with Gasteiger partial charge in [0.25, 0.3) is 5.91 Å². The minimum atomic E-state index is -0.903. The molecule has 40 heavy (non-hydrogen) atoms. The van der Waals surface area contributed by atoms with Crippen LogP contribution in [0.15, 0.2) is 72.8 Å². The van der Waals surface area contributed by atoms with Crippen LogP contribution in [0.2, 0.25) is 0 Å². The fourth-order valence-corrected chi connectivity index (χ4v) is 8.24. The quantitative estimate of drug-likeness (QED) is 0.510. The largest absolute Gasteiger partial charge is 0.487 e. The Bertz CT molecular complexity index is 1520. The number of rotatable bonds is 4. The van der Waals surface area contributed by atoms with E-state index in [1.807, 2.05) is 44.3 Å². The number of hydrogen-bond donors (Lipinski definition) is 1. The van der Waals surface area contributed by atoms with Crippen LogP contribution < -0.4 is 4.74 Å².